The highest BCUT2D eigenvalue weighted by Crippen LogP contribution is 2.18. The van der Waals surface area contributed by atoms with Crippen molar-refractivity contribution in [2.75, 3.05) is 7.11 Å². The van der Waals surface area contributed by atoms with Gasteiger partial charge in [0.2, 0.25) is 0 Å². The zero-order valence-corrected chi connectivity index (χ0v) is 16.7. The molecule has 4 nitrogen and oxygen atoms in total. The van der Waals surface area contributed by atoms with E-state index < -0.39 is 5.97 Å². The van der Waals surface area contributed by atoms with Gasteiger partial charge >= 0.3 is 5.97 Å². The molecule has 0 atom stereocenters. The number of ether oxygens (including phenoxy) is 2. The minimum absolute atomic E-state index is 0.0824. The Hall–Kier alpha value is -3.18. The van der Waals surface area contributed by atoms with E-state index in [-0.39, 0.29) is 5.78 Å². The second-order valence-corrected chi connectivity index (χ2v) is 6.81. The summed E-state index contributed by atoms with van der Waals surface area (Å²) < 4.78 is 11.4. The Labute approximate surface area is 171 Å². The first kappa shape index (κ1) is 19.6. The van der Waals surface area contributed by atoms with E-state index in [0.717, 1.165) is 10.0 Å². The summed E-state index contributed by atoms with van der Waals surface area (Å²) in [6.07, 6.45) is 3.23. The summed E-state index contributed by atoms with van der Waals surface area (Å²) >= 11 is 3.34. The summed E-state index contributed by atoms with van der Waals surface area (Å²) in [5.74, 6) is 0.461. The molecule has 0 heterocycles. The second kappa shape index (κ2) is 9.15. The van der Waals surface area contributed by atoms with Crippen LogP contribution in [0.3, 0.4) is 0 Å². The number of hydrogen-bond acceptors (Lipinski definition) is 4. The Morgan fingerprint density at radius 3 is 2.25 bits per heavy atom. The molecule has 5 heteroatoms. The fourth-order valence-corrected chi connectivity index (χ4v) is 2.71. The van der Waals surface area contributed by atoms with Crippen LogP contribution in [0.4, 0.5) is 0 Å². The van der Waals surface area contributed by atoms with E-state index in [9.17, 15) is 9.59 Å². The van der Waals surface area contributed by atoms with Crippen LogP contribution in [0.5, 0.6) is 11.5 Å². The predicted molar refractivity (Wildman–Crippen MR) is 112 cm³/mol. The maximum absolute atomic E-state index is 12.2. The van der Waals surface area contributed by atoms with Gasteiger partial charge < -0.3 is 9.47 Å². The topological polar surface area (TPSA) is 52.6 Å². The van der Waals surface area contributed by atoms with Crippen molar-refractivity contribution < 1.29 is 19.1 Å². The van der Waals surface area contributed by atoms with E-state index in [0.29, 0.717) is 22.6 Å². The molecule has 28 heavy (non-hydrogen) atoms. The number of ketones is 1. The number of halogens is 1. The number of allylic oxidation sites excluding steroid dienone is 1. The highest BCUT2D eigenvalue weighted by atomic mass is 79.9. The third-order valence-electron chi connectivity index (χ3n) is 3.95. The molecule has 0 spiro atoms. The number of carbonyl (C=O) groups excluding carboxylic acids is 2. The van der Waals surface area contributed by atoms with Gasteiger partial charge in [0.25, 0.3) is 0 Å². The minimum atomic E-state index is -0.465. The summed E-state index contributed by atoms with van der Waals surface area (Å²) in [4.78, 5) is 24.4. The van der Waals surface area contributed by atoms with E-state index >= 15 is 0 Å². The standard InChI is InChI=1S/C23H17BrO4/c1-27-21-4-2-3-18(15-21)23(26)28-20-12-5-16(6-13-20)7-14-22(25)17-8-10-19(24)11-9-17/h2-15H,1H3/b14-7+. The molecule has 0 aliphatic rings. The lowest BCUT2D eigenvalue weighted by Gasteiger charge is -2.06. The SMILES string of the molecule is COc1cccc(C(=O)Oc2ccc(/C=C/C(=O)c3ccc(Br)cc3)cc2)c1. The Morgan fingerprint density at radius 2 is 1.57 bits per heavy atom. The first-order valence-corrected chi connectivity index (χ1v) is 9.29. The van der Waals surface area contributed by atoms with Crippen molar-refractivity contribution in [1.82, 2.24) is 0 Å². The molecule has 0 saturated carbocycles. The summed E-state index contributed by atoms with van der Waals surface area (Å²) in [7, 11) is 1.54. The van der Waals surface area contributed by atoms with Crippen molar-refractivity contribution in [3.05, 3.63) is 100 Å². The molecule has 0 N–H and O–H groups in total. The van der Waals surface area contributed by atoms with Crippen LogP contribution in [-0.4, -0.2) is 18.9 Å². The maximum Gasteiger partial charge on any atom is 0.343 e. The zero-order valence-electron chi connectivity index (χ0n) is 15.1. The summed E-state index contributed by atoms with van der Waals surface area (Å²) in [5, 5.41) is 0. The molecular formula is C23H17BrO4. The van der Waals surface area contributed by atoms with Gasteiger partial charge in [-0.15, -0.1) is 0 Å². The molecule has 0 aliphatic carbocycles. The number of carbonyl (C=O) groups is 2. The van der Waals surface area contributed by atoms with Gasteiger partial charge in [-0.05, 0) is 66.2 Å². The van der Waals surface area contributed by atoms with E-state index in [1.807, 2.05) is 12.1 Å². The number of methoxy groups -OCH3 is 1. The van der Waals surface area contributed by atoms with Crippen molar-refractivity contribution in [2.24, 2.45) is 0 Å². The van der Waals surface area contributed by atoms with E-state index in [4.69, 9.17) is 9.47 Å². The van der Waals surface area contributed by atoms with E-state index in [1.54, 1.807) is 66.7 Å². The quantitative estimate of drug-likeness (QED) is 0.219. The fraction of sp³-hybridized carbons (Fsp3) is 0.0435. The molecule has 0 aromatic heterocycles. The molecule has 0 saturated heterocycles. The third kappa shape index (κ3) is 5.18. The van der Waals surface area contributed by atoms with E-state index in [2.05, 4.69) is 15.9 Å². The van der Waals surface area contributed by atoms with Gasteiger partial charge in [-0.3, -0.25) is 4.79 Å². The maximum atomic E-state index is 12.2. The highest BCUT2D eigenvalue weighted by molar-refractivity contribution is 9.10. The number of esters is 1. The average molecular weight is 437 g/mol. The van der Waals surface area contributed by atoms with Gasteiger partial charge in [0.05, 0.1) is 12.7 Å². The monoisotopic (exact) mass is 436 g/mol. The van der Waals surface area contributed by atoms with Crippen LogP contribution >= 0.6 is 15.9 Å². The Kier molecular flexibility index (Phi) is 6.40. The molecule has 0 bridgehead atoms. The normalized spacial score (nSPS) is 10.6. The van der Waals surface area contributed by atoms with Gasteiger partial charge in [0.15, 0.2) is 5.78 Å². The van der Waals surface area contributed by atoms with Crippen LogP contribution in [0, 0.1) is 0 Å². The lowest BCUT2D eigenvalue weighted by atomic mass is 10.1. The lowest BCUT2D eigenvalue weighted by Crippen LogP contribution is -2.08. The molecule has 0 radical (unpaired) electrons. The summed E-state index contributed by atoms with van der Waals surface area (Å²) in [6.45, 7) is 0. The molecule has 3 rings (SSSR count). The van der Waals surface area contributed by atoms with Gasteiger partial charge in [0, 0.05) is 10.0 Å². The zero-order chi connectivity index (χ0) is 19.9. The molecule has 0 unspecified atom stereocenters. The van der Waals surface area contributed by atoms with Crippen LogP contribution in [0.15, 0.2) is 83.3 Å². The van der Waals surface area contributed by atoms with Crippen molar-refractivity contribution in [3.8, 4) is 11.5 Å². The molecular weight excluding hydrogens is 420 g/mol. The molecule has 140 valence electrons. The van der Waals surface area contributed by atoms with Crippen LogP contribution in [0.1, 0.15) is 26.3 Å². The smallest absolute Gasteiger partial charge is 0.343 e. The van der Waals surface area contributed by atoms with E-state index in [1.165, 1.54) is 13.2 Å². The van der Waals surface area contributed by atoms with Crippen LogP contribution in [-0.2, 0) is 0 Å². The predicted octanol–water partition coefficient (Wildman–Crippen LogP) is 5.57. The highest BCUT2D eigenvalue weighted by Gasteiger charge is 2.09. The van der Waals surface area contributed by atoms with Crippen molar-refractivity contribution in [2.45, 2.75) is 0 Å². The number of benzene rings is 3. The summed E-state index contributed by atoms with van der Waals surface area (Å²) in [5.41, 5.74) is 1.85. The second-order valence-electron chi connectivity index (χ2n) is 5.89. The third-order valence-corrected chi connectivity index (χ3v) is 4.48. The van der Waals surface area contributed by atoms with Crippen molar-refractivity contribution >= 4 is 33.8 Å². The minimum Gasteiger partial charge on any atom is -0.497 e. The Morgan fingerprint density at radius 1 is 0.857 bits per heavy atom. The first-order valence-electron chi connectivity index (χ1n) is 8.49. The Balaban J connectivity index is 1.63. The van der Waals surface area contributed by atoms with Crippen molar-refractivity contribution in [1.29, 1.82) is 0 Å². The largest absolute Gasteiger partial charge is 0.497 e. The van der Waals surface area contributed by atoms with Gasteiger partial charge in [-0.1, -0.05) is 40.2 Å². The first-order chi connectivity index (χ1) is 13.5. The molecule has 0 fully saturated rings. The molecule has 3 aromatic carbocycles. The van der Waals surface area contributed by atoms with Gasteiger partial charge in [-0.2, -0.15) is 0 Å². The van der Waals surface area contributed by atoms with Crippen LogP contribution in [0.2, 0.25) is 0 Å². The van der Waals surface area contributed by atoms with Crippen molar-refractivity contribution in [3.63, 3.8) is 0 Å². The number of rotatable bonds is 6. The number of hydrogen-bond donors (Lipinski definition) is 0. The molecule has 0 amide bonds. The summed E-state index contributed by atoms with van der Waals surface area (Å²) in [6, 6.07) is 20.9. The molecule has 3 aromatic rings. The van der Waals surface area contributed by atoms with Crippen LogP contribution in [0.25, 0.3) is 6.08 Å². The lowest BCUT2D eigenvalue weighted by molar-refractivity contribution is 0.0734. The van der Waals surface area contributed by atoms with Crippen LogP contribution < -0.4 is 9.47 Å². The fourth-order valence-electron chi connectivity index (χ4n) is 2.45. The van der Waals surface area contributed by atoms with Gasteiger partial charge in [0.1, 0.15) is 11.5 Å². The Bertz CT molecular complexity index is 1010. The molecule has 0 aliphatic heterocycles. The van der Waals surface area contributed by atoms with Gasteiger partial charge in [-0.25, -0.2) is 4.79 Å². The average Bonchev–Trinajstić information content (AvgIpc) is 2.73.